The molecule has 0 aliphatic heterocycles. The highest BCUT2D eigenvalue weighted by molar-refractivity contribution is 6.35. The summed E-state index contributed by atoms with van der Waals surface area (Å²) in [6, 6.07) is 11.4. The van der Waals surface area contributed by atoms with Crippen molar-refractivity contribution < 1.29 is 28.9 Å². The van der Waals surface area contributed by atoms with Gasteiger partial charge in [-0.05, 0) is 35.9 Å². The highest BCUT2D eigenvalue weighted by Crippen LogP contribution is 2.28. The number of nitrogens with one attached hydrogen (secondary N) is 1. The third-order valence-corrected chi connectivity index (χ3v) is 5.31. The number of aliphatic carboxylic acids is 1. The van der Waals surface area contributed by atoms with Crippen LogP contribution in [-0.2, 0) is 11.4 Å². The fraction of sp³-hybridized carbons (Fsp3) is 0.125. The second kappa shape index (κ2) is 11.4. The maximum Gasteiger partial charge on any atom is 0.352 e. The lowest BCUT2D eigenvalue weighted by Gasteiger charge is -2.13. The fourth-order valence-electron chi connectivity index (χ4n) is 2.97. The molecule has 1 heterocycles. The van der Waals surface area contributed by atoms with Gasteiger partial charge >= 0.3 is 5.97 Å². The first kappa shape index (κ1) is 24.9. The molecule has 34 heavy (non-hydrogen) atoms. The summed E-state index contributed by atoms with van der Waals surface area (Å²) in [5.41, 5.74) is 0.876. The van der Waals surface area contributed by atoms with Crippen LogP contribution in [0.15, 0.2) is 60.6 Å². The molecule has 0 atom stereocenters. The van der Waals surface area contributed by atoms with Crippen molar-refractivity contribution >= 4 is 41.2 Å². The number of carboxylic acids is 1. The molecular weight excluding hydrogens is 483 g/mol. The van der Waals surface area contributed by atoms with Crippen LogP contribution >= 0.6 is 23.2 Å². The molecule has 0 bridgehead atoms. The summed E-state index contributed by atoms with van der Waals surface area (Å²) in [5.74, 6) is -0.991. The van der Waals surface area contributed by atoms with Gasteiger partial charge in [-0.2, -0.15) is 0 Å². The molecular formula is C24H20Cl2N2O6. The number of carboxylic acid groups (broad SMARTS) is 1. The first-order valence-corrected chi connectivity index (χ1v) is 10.6. The van der Waals surface area contributed by atoms with E-state index in [0.29, 0.717) is 26.9 Å². The van der Waals surface area contributed by atoms with Gasteiger partial charge in [-0.15, -0.1) is 0 Å². The number of hydrogen-bond acceptors (Lipinski definition) is 6. The molecule has 3 aromatic rings. The van der Waals surface area contributed by atoms with E-state index in [-0.39, 0.29) is 29.4 Å². The molecule has 3 rings (SSSR count). The van der Waals surface area contributed by atoms with E-state index in [2.05, 4.69) is 10.3 Å². The van der Waals surface area contributed by atoms with Gasteiger partial charge in [0.15, 0.2) is 0 Å². The number of carbonyl (C=O) groups is 2. The first-order chi connectivity index (χ1) is 16.3. The Labute approximate surface area is 205 Å². The van der Waals surface area contributed by atoms with Crippen molar-refractivity contribution in [1.29, 1.82) is 0 Å². The zero-order chi connectivity index (χ0) is 24.7. The molecule has 0 radical (unpaired) electrons. The van der Waals surface area contributed by atoms with Gasteiger partial charge in [-0.25, -0.2) is 4.79 Å². The standard InChI is InChI=1S/C24H20Cl2N2O6/c1-32-20-4-3-5-21(33-2)22(20)23(29)28-19(24(30)31)10-14-6-8-15(9-7-14)34-13-16-17(25)11-27-12-18(16)26/h3-12H,13H2,1-2H3,(H,28,29)(H,30,31). The topological polar surface area (TPSA) is 107 Å². The van der Waals surface area contributed by atoms with E-state index < -0.39 is 11.9 Å². The van der Waals surface area contributed by atoms with Crippen LogP contribution in [0.5, 0.6) is 17.2 Å². The van der Waals surface area contributed by atoms with Crippen LogP contribution in [0.25, 0.3) is 6.08 Å². The number of aromatic nitrogens is 1. The van der Waals surface area contributed by atoms with Crippen molar-refractivity contribution in [3.63, 3.8) is 0 Å². The first-order valence-electron chi connectivity index (χ1n) is 9.82. The van der Waals surface area contributed by atoms with Crippen molar-refractivity contribution in [1.82, 2.24) is 10.3 Å². The molecule has 0 aliphatic rings. The number of benzene rings is 2. The smallest absolute Gasteiger partial charge is 0.352 e. The highest BCUT2D eigenvalue weighted by Gasteiger charge is 2.21. The average Bonchev–Trinajstić information content (AvgIpc) is 2.83. The Morgan fingerprint density at radius 1 is 1.00 bits per heavy atom. The van der Waals surface area contributed by atoms with Crippen LogP contribution in [0.4, 0.5) is 0 Å². The van der Waals surface area contributed by atoms with Gasteiger partial charge in [0.2, 0.25) is 0 Å². The number of ether oxygens (including phenoxy) is 3. The molecule has 1 amide bonds. The van der Waals surface area contributed by atoms with Crippen LogP contribution in [0.3, 0.4) is 0 Å². The number of rotatable bonds is 9. The molecule has 0 unspecified atom stereocenters. The Kier molecular flexibility index (Phi) is 8.34. The molecule has 8 nitrogen and oxygen atoms in total. The van der Waals surface area contributed by atoms with Crippen molar-refractivity contribution in [2.24, 2.45) is 0 Å². The molecule has 0 spiro atoms. The molecule has 2 aromatic carbocycles. The number of pyridine rings is 1. The monoisotopic (exact) mass is 502 g/mol. The summed E-state index contributed by atoms with van der Waals surface area (Å²) in [6.07, 6.45) is 4.27. The maximum absolute atomic E-state index is 12.8. The third kappa shape index (κ3) is 5.98. The molecule has 0 aliphatic carbocycles. The predicted molar refractivity (Wildman–Crippen MR) is 128 cm³/mol. The molecule has 176 valence electrons. The molecule has 0 saturated carbocycles. The lowest BCUT2D eigenvalue weighted by atomic mass is 10.1. The Morgan fingerprint density at radius 2 is 1.59 bits per heavy atom. The zero-order valence-corrected chi connectivity index (χ0v) is 19.7. The Bertz CT molecular complexity index is 1190. The van der Waals surface area contributed by atoms with Crippen molar-refractivity contribution in [3.8, 4) is 17.2 Å². The minimum absolute atomic E-state index is 0.0804. The summed E-state index contributed by atoms with van der Waals surface area (Å²) in [7, 11) is 2.80. The molecule has 2 N–H and O–H groups in total. The van der Waals surface area contributed by atoms with Crippen molar-refractivity contribution in [2.45, 2.75) is 6.61 Å². The van der Waals surface area contributed by atoms with E-state index in [0.717, 1.165) is 0 Å². The summed E-state index contributed by atoms with van der Waals surface area (Å²) in [5, 5.41) is 12.8. The fourth-order valence-corrected chi connectivity index (χ4v) is 3.44. The third-order valence-electron chi connectivity index (χ3n) is 4.66. The van der Waals surface area contributed by atoms with E-state index in [1.165, 1.54) is 32.7 Å². The number of halogens is 2. The number of carbonyl (C=O) groups excluding carboxylic acids is 1. The second-order valence-corrected chi connectivity index (χ2v) is 7.61. The van der Waals surface area contributed by atoms with E-state index in [1.54, 1.807) is 42.5 Å². The molecule has 10 heteroatoms. The molecule has 1 aromatic heterocycles. The van der Waals surface area contributed by atoms with Crippen molar-refractivity contribution in [3.05, 3.63) is 87.3 Å². The predicted octanol–water partition coefficient (Wildman–Crippen LogP) is 4.84. The number of hydrogen-bond donors (Lipinski definition) is 2. The maximum atomic E-state index is 12.8. The lowest BCUT2D eigenvalue weighted by molar-refractivity contribution is -0.132. The summed E-state index contributed by atoms with van der Waals surface area (Å²) >= 11 is 12.2. The van der Waals surface area contributed by atoms with Gasteiger partial charge in [-0.3, -0.25) is 9.78 Å². The van der Waals surface area contributed by atoms with Gasteiger partial charge in [0.05, 0.1) is 24.3 Å². The van der Waals surface area contributed by atoms with Gasteiger partial charge in [0.25, 0.3) is 5.91 Å². The zero-order valence-electron chi connectivity index (χ0n) is 18.2. The normalized spacial score (nSPS) is 11.0. The van der Waals surface area contributed by atoms with E-state index in [4.69, 9.17) is 37.4 Å². The molecule has 0 saturated heterocycles. The largest absolute Gasteiger partial charge is 0.496 e. The van der Waals surface area contributed by atoms with Gasteiger partial charge in [-0.1, -0.05) is 41.4 Å². The van der Waals surface area contributed by atoms with Crippen LogP contribution < -0.4 is 19.5 Å². The van der Waals surface area contributed by atoms with Gasteiger partial charge in [0, 0.05) is 18.0 Å². The average molecular weight is 503 g/mol. The van der Waals surface area contributed by atoms with Crippen LogP contribution in [0, 0.1) is 0 Å². The SMILES string of the molecule is COc1cccc(OC)c1C(=O)NC(=Cc1ccc(OCc2c(Cl)cncc2Cl)cc1)C(=O)O. The van der Waals surface area contributed by atoms with Crippen molar-refractivity contribution in [2.75, 3.05) is 14.2 Å². The quantitative estimate of drug-likeness (QED) is 0.403. The Hall–Kier alpha value is -3.75. The van der Waals surface area contributed by atoms with E-state index in [1.807, 2.05) is 0 Å². The lowest BCUT2D eigenvalue weighted by Crippen LogP contribution is -2.28. The summed E-state index contributed by atoms with van der Waals surface area (Å²) in [6.45, 7) is 0.131. The minimum Gasteiger partial charge on any atom is -0.496 e. The van der Waals surface area contributed by atoms with Gasteiger partial charge < -0.3 is 24.6 Å². The number of nitrogens with zero attached hydrogens (tertiary/aromatic N) is 1. The van der Waals surface area contributed by atoms with Crippen LogP contribution in [-0.4, -0.2) is 36.2 Å². The van der Waals surface area contributed by atoms with E-state index >= 15 is 0 Å². The highest BCUT2D eigenvalue weighted by atomic mass is 35.5. The summed E-state index contributed by atoms with van der Waals surface area (Å²) < 4.78 is 16.1. The van der Waals surface area contributed by atoms with Crippen LogP contribution in [0.1, 0.15) is 21.5 Å². The summed E-state index contributed by atoms with van der Waals surface area (Å²) in [4.78, 5) is 28.5. The number of methoxy groups -OCH3 is 2. The van der Waals surface area contributed by atoms with E-state index in [9.17, 15) is 14.7 Å². The Balaban J connectivity index is 1.76. The Morgan fingerprint density at radius 3 is 2.12 bits per heavy atom. The molecule has 0 fully saturated rings. The minimum atomic E-state index is -1.32. The van der Waals surface area contributed by atoms with Crippen LogP contribution in [0.2, 0.25) is 10.0 Å². The van der Waals surface area contributed by atoms with Gasteiger partial charge in [0.1, 0.15) is 35.1 Å². The number of amides is 1. The second-order valence-electron chi connectivity index (χ2n) is 6.79.